The third-order valence-electron chi connectivity index (χ3n) is 3.50. The van der Waals surface area contributed by atoms with Crippen LogP contribution >= 0.6 is 0 Å². The molecule has 1 aliphatic carbocycles. The number of rotatable bonds is 6. The Labute approximate surface area is 103 Å². The molecule has 1 aliphatic rings. The predicted molar refractivity (Wildman–Crippen MR) is 71.4 cm³/mol. The van der Waals surface area contributed by atoms with Crippen molar-refractivity contribution < 1.29 is 0 Å². The monoisotopic (exact) mass is 234 g/mol. The van der Waals surface area contributed by atoms with E-state index >= 15 is 0 Å². The first-order chi connectivity index (χ1) is 8.31. The summed E-state index contributed by atoms with van der Waals surface area (Å²) in [4.78, 5) is 8.54. The Morgan fingerprint density at radius 1 is 1.24 bits per heavy atom. The second-order valence-corrected chi connectivity index (χ2v) is 4.74. The van der Waals surface area contributed by atoms with Gasteiger partial charge in [-0.15, -0.1) is 0 Å². The van der Waals surface area contributed by atoms with Gasteiger partial charge in [0.25, 0.3) is 0 Å². The molecule has 4 heteroatoms. The van der Waals surface area contributed by atoms with Gasteiger partial charge in [-0.25, -0.2) is 9.97 Å². The standard InChI is InChI=1S/C13H22N4/c1-3-14-12-10(2)13(17-9-16-12)15-8-7-11-5-4-6-11/h9,11H,3-8H2,1-2H3,(H2,14,15,16,17). The molecule has 0 bridgehead atoms. The van der Waals surface area contributed by atoms with E-state index in [2.05, 4.69) is 34.4 Å². The summed E-state index contributed by atoms with van der Waals surface area (Å²) in [7, 11) is 0. The first-order valence-electron chi connectivity index (χ1n) is 6.60. The van der Waals surface area contributed by atoms with Crippen LogP contribution in [-0.4, -0.2) is 23.1 Å². The highest BCUT2D eigenvalue weighted by atomic mass is 15.1. The van der Waals surface area contributed by atoms with Crippen molar-refractivity contribution in [3.8, 4) is 0 Å². The molecule has 0 aliphatic heterocycles. The molecule has 1 aromatic heterocycles. The fraction of sp³-hybridized carbons (Fsp3) is 0.692. The topological polar surface area (TPSA) is 49.8 Å². The van der Waals surface area contributed by atoms with Crippen molar-refractivity contribution in [1.82, 2.24) is 9.97 Å². The molecule has 0 aromatic carbocycles. The van der Waals surface area contributed by atoms with Gasteiger partial charge < -0.3 is 10.6 Å². The molecule has 4 nitrogen and oxygen atoms in total. The lowest BCUT2D eigenvalue weighted by Gasteiger charge is -2.25. The van der Waals surface area contributed by atoms with Crippen LogP contribution in [-0.2, 0) is 0 Å². The van der Waals surface area contributed by atoms with Crippen molar-refractivity contribution in [2.75, 3.05) is 23.7 Å². The van der Waals surface area contributed by atoms with E-state index in [0.29, 0.717) is 0 Å². The van der Waals surface area contributed by atoms with E-state index in [1.54, 1.807) is 6.33 Å². The van der Waals surface area contributed by atoms with Gasteiger partial charge in [0.2, 0.25) is 0 Å². The third-order valence-corrected chi connectivity index (χ3v) is 3.50. The maximum absolute atomic E-state index is 4.30. The van der Waals surface area contributed by atoms with Gasteiger partial charge in [-0.1, -0.05) is 19.3 Å². The Balaban J connectivity index is 1.87. The molecule has 0 unspecified atom stereocenters. The largest absolute Gasteiger partial charge is 0.370 e. The average Bonchev–Trinajstić information content (AvgIpc) is 2.27. The molecule has 1 aromatic rings. The lowest BCUT2D eigenvalue weighted by Crippen LogP contribution is -2.16. The number of hydrogen-bond donors (Lipinski definition) is 2. The Hall–Kier alpha value is -1.32. The molecule has 1 fully saturated rings. The quantitative estimate of drug-likeness (QED) is 0.794. The van der Waals surface area contributed by atoms with E-state index in [1.165, 1.54) is 25.7 Å². The van der Waals surface area contributed by atoms with E-state index in [1.807, 2.05) is 0 Å². The zero-order valence-electron chi connectivity index (χ0n) is 10.8. The molecule has 0 spiro atoms. The van der Waals surface area contributed by atoms with Crippen LogP contribution in [0, 0.1) is 12.8 Å². The van der Waals surface area contributed by atoms with Gasteiger partial charge in [0.1, 0.15) is 18.0 Å². The third kappa shape index (κ3) is 3.08. The van der Waals surface area contributed by atoms with Crippen LogP contribution < -0.4 is 10.6 Å². The summed E-state index contributed by atoms with van der Waals surface area (Å²) >= 11 is 0. The van der Waals surface area contributed by atoms with Crippen molar-refractivity contribution in [3.63, 3.8) is 0 Å². The van der Waals surface area contributed by atoms with Crippen LogP contribution in [0.3, 0.4) is 0 Å². The van der Waals surface area contributed by atoms with E-state index < -0.39 is 0 Å². The SMILES string of the molecule is CCNc1ncnc(NCCC2CCC2)c1C. The van der Waals surface area contributed by atoms with Gasteiger partial charge >= 0.3 is 0 Å². The van der Waals surface area contributed by atoms with Crippen LogP contribution in [0.1, 0.15) is 38.2 Å². The molecule has 2 rings (SSSR count). The minimum absolute atomic E-state index is 0.888. The number of nitrogens with one attached hydrogen (secondary N) is 2. The molecule has 0 atom stereocenters. The van der Waals surface area contributed by atoms with Crippen molar-refractivity contribution in [2.24, 2.45) is 5.92 Å². The molecule has 17 heavy (non-hydrogen) atoms. The summed E-state index contributed by atoms with van der Waals surface area (Å²) in [6, 6.07) is 0. The highest BCUT2D eigenvalue weighted by Gasteiger charge is 2.16. The molecular formula is C13H22N4. The Morgan fingerprint density at radius 2 is 1.94 bits per heavy atom. The minimum Gasteiger partial charge on any atom is -0.370 e. The zero-order chi connectivity index (χ0) is 12.1. The van der Waals surface area contributed by atoms with Crippen LogP contribution in [0.25, 0.3) is 0 Å². The van der Waals surface area contributed by atoms with E-state index in [4.69, 9.17) is 0 Å². The van der Waals surface area contributed by atoms with Crippen LogP contribution in [0.2, 0.25) is 0 Å². The van der Waals surface area contributed by atoms with Gasteiger partial charge in [-0.3, -0.25) is 0 Å². The molecule has 0 radical (unpaired) electrons. The van der Waals surface area contributed by atoms with Gasteiger partial charge in [-0.05, 0) is 26.2 Å². The first-order valence-corrected chi connectivity index (χ1v) is 6.60. The number of hydrogen-bond acceptors (Lipinski definition) is 4. The Kier molecular flexibility index (Phi) is 4.18. The van der Waals surface area contributed by atoms with Crippen molar-refractivity contribution in [2.45, 2.75) is 39.5 Å². The van der Waals surface area contributed by atoms with Crippen molar-refractivity contribution >= 4 is 11.6 Å². The maximum Gasteiger partial charge on any atom is 0.134 e. The second kappa shape index (κ2) is 5.84. The summed E-state index contributed by atoms with van der Waals surface area (Å²) in [6.07, 6.45) is 7.12. The summed E-state index contributed by atoms with van der Waals surface area (Å²) in [5.41, 5.74) is 1.11. The highest BCUT2D eigenvalue weighted by molar-refractivity contribution is 5.56. The number of aromatic nitrogens is 2. The highest BCUT2D eigenvalue weighted by Crippen LogP contribution is 2.29. The van der Waals surface area contributed by atoms with E-state index in [0.717, 1.165) is 36.2 Å². The number of anilines is 2. The molecule has 0 amide bonds. The van der Waals surface area contributed by atoms with Crippen molar-refractivity contribution in [3.05, 3.63) is 11.9 Å². The fourth-order valence-corrected chi connectivity index (χ4v) is 2.15. The average molecular weight is 234 g/mol. The zero-order valence-corrected chi connectivity index (χ0v) is 10.8. The molecule has 1 heterocycles. The fourth-order valence-electron chi connectivity index (χ4n) is 2.15. The van der Waals surface area contributed by atoms with Gasteiger partial charge in [0, 0.05) is 18.7 Å². The lowest BCUT2D eigenvalue weighted by atomic mass is 9.83. The molecule has 1 saturated carbocycles. The van der Waals surface area contributed by atoms with Crippen molar-refractivity contribution in [1.29, 1.82) is 0 Å². The number of nitrogens with zero attached hydrogens (tertiary/aromatic N) is 2. The Bertz CT molecular complexity index is 360. The van der Waals surface area contributed by atoms with E-state index in [9.17, 15) is 0 Å². The smallest absolute Gasteiger partial charge is 0.134 e. The van der Waals surface area contributed by atoms with Gasteiger partial charge in [0.05, 0.1) is 0 Å². The molecule has 94 valence electrons. The lowest BCUT2D eigenvalue weighted by molar-refractivity contribution is 0.303. The second-order valence-electron chi connectivity index (χ2n) is 4.74. The first kappa shape index (κ1) is 12.1. The summed E-state index contributed by atoms with van der Waals surface area (Å²) < 4.78 is 0. The van der Waals surface area contributed by atoms with Crippen LogP contribution in [0.5, 0.6) is 0 Å². The van der Waals surface area contributed by atoms with E-state index in [-0.39, 0.29) is 0 Å². The van der Waals surface area contributed by atoms with Crippen LogP contribution in [0.4, 0.5) is 11.6 Å². The summed E-state index contributed by atoms with van der Waals surface area (Å²) in [5.74, 6) is 2.85. The summed E-state index contributed by atoms with van der Waals surface area (Å²) in [5, 5.41) is 6.67. The minimum atomic E-state index is 0.888. The summed E-state index contributed by atoms with van der Waals surface area (Å²) in [6.45, 7) is 6.04. The maximum atomic E-state index is 4.30. The molecule has 0 saturated heterocycles. The van der Waals surface area contributed by atoms with Gasteiger partial charge in [-0.2, -0.15) is 0 Å². The molecule has 2 N–H and O–H groups in total. The van der Waals surface area contributed by atoms with Crippen LogP contribution in [0.15, 0.2) is 6.33 Å². The Morgan fingerprint density at radius 3 is 2.53 bits per heavy atom. The van der Waals surface area contributed by atoms with Gasteiger partial charge in [0.15, 0.2) is 0 Å². The molecular weight excluding hydrogens is 212 g/mol. The normalized spacial score (nSPS) is 15.4. The predicted octanol–water partition coefficient (Wildman–Crippen LogP) is 2.82.